The molecule has 1 aromatic carbocycles. The average molecular weight is 252 g/mol. The number of benzene rings is 1. The Labute approximate surface area is 98.0 Å². The predicted molar refractivity (Wildman–Crippen MR) is 61.1 cm³/mol. The molecule has 0 saturated heterocycles. The third-order valence-electron chi connectivity index (χ3n) is 2.12. The van der Waals surface area contributed by atoms with E-state index >= 15 is 0 Å². The number of carboxylic acid groups (broad SMARTS) is 1. The lowest BCUT2D eigenvalue weighted by Crippen LogP contribution is -2.26. The summed E-state index contributed by atoms with van der Waals surface area (Å²) in [5.41, 5.74) is 1.84. The zero-order valence-electron chi connectivity index (χ0n) is 7.66. The van der Waals surface area contributed by atoms with E-state index in [1.165, 1.54) is 0 Å². The van der Waals surface area contributed by atoms with Gasteiger partial charge in [0, 0.05) is 17.1 Å². The van der Waals surface area contributed by atoms with Gasteiger partial charge in [0.05, 0.1) is 0 Å². The van der Waals surface area contributed by atoms with Crippen LogP contribution in [0.2, 0.25) is 5.02 Å². The number of anilines is 1. The molecule has 2 rings (SSSR count). The van der Waals surface area contributed by atoms with Crippen LogP contribution in [0.25, 0.3) is 0 Å². The predicted octanol–water partition coefficient (Wildman–Crippen LogP) is 1.36. The second-order valence-corrected chi connectivity index (χ2v) is 3.48. The number of carboxylic acids is 1. The van der Waals surface area contributed by atoms with Crippen LogP contribution in [-0.2, 0) is 11.2 Å². The molecule has 0 saturated carbocycles. The molecule has 0 spiro atoms. The molecule has 4 N–H and O–H groups in total. The summed E-state index contributed by atoms with van der Waals surface area (Å²) in [7, 11) is 0. The third-order valence-corrected chi connectivity index (χ3v) is 2.35. The van der Waals surface area contributed by atoms with Crippen molar-refractivity contribution < 1.29 is 15.4 Å². The molecule has 1 heterocycles. The van der Waals surface area contributed by atoms with Gasteiger partial charge in [0.25, 0.3) is 0 Å². The second-order valence-electron chi connectivity index (χ2n) is 3.04. The normalized spacial score (nSPS) is 16.7. The second kappa shape index (κ2) is 5.21. The largest absolute Gasteiger partial charge is 0.480 e. The molecule has 15 heavy (non-hydrogen) atoms. The zero-order valence-corrected chi connectivity index (χ0v) is 9.23. The summed E-state index contributed by atoms with van der Waals surface area (Å²) in [6.45, 7) is 0. The van der Waals surface area contributed by atoms with Crippen molar-refractivity contribution in [1.82, 2.24) is 0 Å². The molecule has 0 aromatic heterocycles. The maximum atomic E-state index is 10.7. The molecule has 1 aromatic rings. The topological polar surface area (TPSA) is 80.8 Å². The Hall–Kier alpha value is -0.970. The Morgan fingerprint density at radius 3 is 2.80 bits per heavy atom. The lowest BCUT2D eigenvalue weighted by molar-refractivity contribution is -0.137. The van der Waals surface area contributed by atoms with Gasteiger partial charge in [0.1, 0.15) is 6.04 Å². The van der Waals surface area contributed by atoms with Crippen molar-refractivity contribution in [1.29, 1.82) is 0 Å². The summed E-state index contributed by atoms with van der Waals surface area (Å²) in [4.78, 5) is 10.7. The summed E-state index contributed by atoms with van der Waals surface area (Å²) < 4.78 is 0. The quantitative estimate of drug-likeness (QED) is 0.791. The summed E-state index contributed by atoms with van der Waals surface area (Å²) in [6, 6.07) is 4.85. The van der Waals surface area contributed by atoms with Crippen molar-refractivity contribution in [3.63, 3.8) is 0 Å². The van der Waals surface area contributed by atoms with Crippen molar-refractivity contribution >= 4 is 35.7 Å². The van der Waals surface area contributed by atoms with E-state index in [9.17, 15) is 4.79 Å². The van der Waals surface area contributed by atoms with Gasteiger partial charge in [-0.25, -0.2) is 4.79 Å². The van der Waals surface area contributed by atoms with E-state index in [1.807, 2.05) is 0 Å². The molecule has 4 nitrogen and oxygen atoms in total. The number of rotatable bonds is 1. The Bertz CT molecular complexity index is 370. The smallest absolute Gasteiger partial charge is 0.326 e. The van der Waals surface area contributed by atoms with Crippen molar-refractivity contribution in [3.8, 4) is 0 Å². The molecule has 0 bridgehead atoms. The molecule has 6 heteroatoms. The third kappa shape index (κ3) is 2.75. The molecule has 0 amide bonds. The van der Waals surface area contributed by atoms with Crippen LogP contribution < -0.4 is 5.32 Å². The van der Waals surface area contributed by atoms with E-state index in [4.69, 9.17) is 16.7 Å². The first-order chi connectivity index (χ1) is 6.16. The number of fused-ring (bicyclic) bond motifs is 1. The molecule has 84 valence electrons. The van der Waals surface area contributed by atoms with Gasteiger partial charge in [-0.1, -0.05) is 11.6 Å². The fourth-order valence-electron chi connectivity index (χ4n) is 1.48. The van der Waals surface area contributed by atoms with Crippen LogP contribution in [0, 0.1) is 0 Å². The molecule has 0 aliphatic carbocycles. The lowest BCUT2D eigenvalue weighted by Gasteiger charge is -2.03. The molecule has 1 unspecified atom stereocenters. The van der Waals surface area contributed by atoms with Gasteiger partial charge >= 0.3 is 5.97 Å². The van der Waals surface area contributed by atoms with E-state index in [0.717, 1.165) is 11.3 Å². The summed E-state index contributed by atoms with van der Waals surface area (Å²) in [5, 5.41) is 12.3. The molecular formula is C9H11Cl2NO3. The first-order valence-corrected chi connectivity index (χ1v) is 4.32. The van der Waals surface area contributed by atoms with Gasteiger partial charge in [-0.2, -0.15) is 0 Å². The van der Waals surface area contributed by atoms with Gasteiger partial charge in [0.2, 0.25) is 0 Å². The van der Waals surface area contributed by atoms with Gasteiger partial charge < -0.3 is 15.9 Å². The van der Waals surface area contributed by atoms with E-state index in [-0.39, 0.29) is 17.9 Å². The monoisotopic (exact) mass is 251 g/mol. The van der Waals surface area contributed by atoms with E-state index < -0.39 is 12.0 Å². The van der Waals surface area contributed by atoms with E-state index in [1.54, 1.807) is 18.2 Å². The van der Waals surface area contributed by atoms with Crippen LogP contribution in [0.3, 0.4) is 0 Å². The fraction of sp³-hybridized carbons (Fsp3) is 0.222. The Kier molecular flexibility index (Phi) is 4.87. The average Bonchev–Trinajstić information content (AvgIpc) is 2.46. The Morgan fingerprint density at radius 2 is 2.20 bits per heavy atom. The molecule has 1 aliphatic heterocycles. The van der Waals surface area contributed by atoms with Crippen LogP contribution in [0.5, 0.6) is 0 Å². The molecule has 1 atom stereocenters. The zero-order chi connectivity index (χ0) is 9.42. The summed E-state index contributed by atoms with van der Waals surface area (Å²) in [5.74, 6) is -0.827. The van der Waals surface area contributed by atoms with Crippen LogP contribution in [-0.4, -0.2) is 22.6 Å². The van der Waals surface area contributed by atoms with E-state index in [0.29, 0.717) is 11.4 Å². The summed E-state index contributed by atoms with van der Waals surface area (Å²) >= 11 is 5.78. The number of carbonyl (C=O) groups is 1. The highest BCUT2D eigenvalue weighted by Gasteiger charge is 2.25. The lowest BCUT2D eigenvalue weighted by atomic mass is 10.1. The maximum absolute atomic E-state index is 10.7. The highest BCUT2D eigenvalue weighted by molar-refractivity contribution is 6.30. The minimum Gasteiger partial charge on any atom is -0.480 e. The van der Waals surface area contributed by atoms with Gasteiger partial charge in [-0.15, -0.1) is 12.4 Å². The summed E-state index contributed by atoms with van der Waals surface area (Å²) in [6.07, 6.45) is 0.505. The minimum atomic E-state index is -0.827. The van der Waals surface area contributed by atoms with Gasteiger partial charge in [-0.3, -0.25) is 0 Å². The van der Waals surface area contributed by atoms with Gasteiger partial charge in [0.15, 0.2) is 0 Å². The number of aliphatic carboxylic acids is 1. The number of hydrogen-bond acceptors (Lipinski definition) is 2. The van der Waals surface area contributed by atoms with E-state index in [2.05, 4.69) is 5.32 Å². The van der Waals surface area contributed by atoms with Crippen molar-refractivity contribution in [3.05, 3.63) is 28.8 Å². The standard InChI is InChI=1S/C9H8ClNO2.ClH.H2O/c10-6-1-2-7-5(3-6)4-8(11-7)9(12)13;;/h1-3,8,11H,4H2,(H,12,13);1H;1H2. The van der Waals surface area contributed by atoms with Crippen molar-refractivity contribution in [2.45, 2.75) is 12.5 Å². The van der Waals surface area contributed by atoms with Crippen LogP contribution in [0.4, 0.5) is 5.69 Å². The Morgan fingerprint density at radius 1 is 1.53 bits per heavy atom. The minimum absolute atomic E-state index is 0. The number of halogens is 2. The highest BCUT2D eigenvalue weighted by Crippen LogP contribution is 2.28. The van der Waals surface area contributed by atoms with Crippen LogP contribution >= 0.6 is 24.0 Å². The van der Waals surface area contributed by atoms with Crippen LogP contribution in [0.15, 0.2) is 18.2 Å². The first-order valence-electron chi connectivity index (χ1n) is 3.94. The maximum Gasteiger partial charge on any atom is 0.326 e. The fourth-order valence-corrected chi connectivity index (χ4v) is 1.67. The van der Waals surface area contributed by atoms with Crippen LogP contribution in [0.1, 0.15) is 5.56 Å². The molecule has 1 aliphatic rings. The van der Waals surface area contributed by atoms with Crippen molar-refractivity contribution in [2.24, 2.45) is 0 Å². The molecular weight excluding hydrogens is 241 g/mol. The first kappa shape index (κ1) is 14.0. The highest BCUT2D eigenvalue weighted by atomic mass is 35.5. The SMILES string of the molecule is Cl.O.O=C(O)C1Cc2cc(Cl)ccc2N1. The molecule has 0 fully saturated rings. The van der Waals surface area contributed by atoms with Gasteiger partial charge in [-0.05, 0) is 23.8 Å². The number of hydrogen-bond donors (Lipinski definition) is 2. The Balaban J connectivity index is 0.000000980. The van der Waals surface area contributed by atoms with Crippen molar-refractivity contribution in [2.75, 3.05) is 5.32 Å². The molecule has 0 radical (unpaired) electrons. The number of nitrogens with one attached hydrogen (secondary N) is 1.